The number of carbonyl (C=O) groups is 1. The molecule has 0 spiro atoms. The van der Waals surface area contributed by atoms with E-state index in [4.69, 9.17) is 9.47 Å². The Balaban J connectivity index is 2.23. The monoisotopic (exact) mass is 248 g/mol. The van der Waals surface area contributed by atoms with Crippen molar-refractivity contribution in [2.45, 2.75) is 0 Å². The molecule has 7 heteroatoms. The van der Waals surface area contributed by atoms with Crippen LogP contribution in [-0.4, -0.2) is 35.3 Å². The van der Waals surface area contributed by atoms with Crippen LogP contribution in [0.2, 0.25) is 0 Å². The van der Waals surface area contributed by atoms with E-state index < -0.39 is 0 Å². The first-order chi connectivity index (χ1) is 8.72. The van der Waals surface area contributed by atoms with E-state index >= 15 is 0 Å². The highest BCUT2D eigenvalue weighted by molar-refractivity contribution is 6.03. The van der Waals surface area contributed by atoms with Gasteiger partial charge in [-0.3, -0.25) is 10.1 Å². The Hall–Kier alpha value is -2.57. The van der Waals surface area contributed by atoms with Crippen LogP contribution in [0.25, 0.3) is 0 Å². The highest BCUT2D eigenvalue weighted by Crippen LogP contribution is 2.22. The SMILES string of the molecule is COc1cc(OC)cc(C(=O)Nc2ncn[nH]2)c1. The first-order valence-electron chi connectivity index (χ1n) is 5.12. The van der Waals surface area contributed by atoms with Crippen molar-refractivity contribution in [2.75, 3.05) is 19.5 Å². The number of methoxy groups -OCH3 is 2. The molecule has 0 bridgehead atoms. The summed E-state index contributed by atoms with van der Waals surface area (Å²) in [6.45, 7) is 0. The molecule has 1 amide bonds. The number of carbonyl (C=O) groups excluding carboxylic acids is 1. The van der Waals surface area contributed by atoms with Crippen LogP contribution in [0, 0.1) is 0 Å². The molecule has 0 aliphatic rings. The summed E-state index contributed by atoms with van der Waals surface area (Å²) in [4.78, 5) is 15.7. The number of nitrogens with zero attached hydrogens (tertiary/aromatic N) is 2. The molecule has 2 N–H and O–H groups in total. The third kappa shape index (κ3) is 2.57. The Morgan fingerprint density at radius 1 is 1.22 bits per heavy atom. The number of rotatable bonds is 4. The summed E-state index contributed by atoms with van der Waals surface area (Å²) < 4.78 is 10.2. The number of amides is 1. The van der Waals surface area contributed by atoms with E-state index in [1.807, 2.05) is 0 Å². The molecule has 0 atom stereocenters. The molecule has 0 radical (unpaired) electrons. The van der Waals surface area contributed by atoms with Gasteiger partial charge in [0.2, 0.25) is 5.95 Å². The molecule has 0 aliphatic carbocycles. The van der Waals surface area contributed by atoms with E-state index in [-0.39, 0.29) is 11.9 Å². The summed E-state index contributed by atoms with van der Waals surface area (Å²) in [7, 11) is 3.04. The predicted octanol–water partition coefficient (Wildman–Crippen LogP) is 1.07. The second kappa shape index (κ2) is 5.17. The standard InChI is InChI=1S/C11H12N4O3/c1-17-8-3-7(4-9(5-8)18-2)10(16)14-11-12-6-13-15-11/h3-6H,1-2H3,(H2,12,13,14,15,16). The molecule has 1 aromatic heterocycles. The number of H-pyrrole nitrogens is 1. The van der Waals surface area contributed by atoms with Crippen molar-refractivity contribution in [1.29, 1.82) is 0 Å². The minimum Gasteiger partial charge on any atom is -0.497 e. The van der Waals surface area contributed by atoms with E-state index in [0.29, 0.717) is 17.1 Å². The minimum absolute atomic E-state index is 0.279. The third-order valence-corrected chi connectivity index (χ3v) is 2.26. The molecule has 1 aromatic carbocycles. The van der Waals surface area contributed by atoms with Gasteiger partial charge in [-0.15, -0.1) is 0 Å². The zero-order valence-corrected chi connectivity index (χ0v) is 9.93. The normalized spacial score (nSPS) is 9.89. The quantitative estimate of drug-likeness (QED) is 0.844. The summed E-state index contributed by atoms with van der Waals surface area (Å²) in [6, 6.07) is 4.90. The summed E-state index contributed by atoms with van der Waals surface area (Å²) >= 11 is 0. The predicted molar refractivity (Wildman–Crippen MR) is 63.9 cm³/mol. The fraction of sp³-hybridized carbons (Fsp3) is 0.182. The average Bonchev–Trinajstić information content (AvgIpc) is 2.90. The Labute approximate surface area is 103 Å². The van der Waals surface area contributed by atoms with Crippen LogP contribution in [0.4, 0.5) is 5.95 Å². The summed E-state index contributed by atoms with van der Waals surface area (Å²) in [5, 5.41) is 8.74. The molecule has 7 nitrogen and oxygen atoms in total. The molecular weight excluding hydrogens is 236 g/mol. The van der Waals surface area contributed by atoms with E-state index in [0.717, 1.165) is 0 Å². The first-order valence-corrected chi connectivity index (χ1v) is 5.12. The lowest BCUT2D eigenvalue weighted by Crippen LogP contribution is -2.13. The Morgan fingerprint density at radius 3 is 2.39 bits per heavy atom. The maximum atomic E-state index is 11.9. The molecule has 94 valence electrons. The fourth-order valence-corrected chi connectivity index (χ4v) is 1.38. The lowest BCUT2D eigenvalue weighted by Gasteiger charge is -2.07. The fourth-order valence-electron chi connectivity index (χ4n) is 1.38. The van der Waals surface area contributed by atoms with Crippen molar-refractivity contribution in [1.82, 2.24) is 15.2 Å². The summed E-state index contributed by atoms with van der Waals surface area (Å²) in [5.41, 5.74) is 0.405. The Kier molecular flexibility index (Phi) is 3.42. The maximum Gasteiger partial charge on any atom is 0.258 e. The maximum absolute atomic E-state index is 11.9. The van der Waals surface area contributed by atoms with Crippen LogP contribution in [0.15, 0.2) is 24.5 Å². The molecule has 0 saturated carbocycles. The molecule has 0 fully saturated rings. The second-order valence-electron chi connectivity index (χ2n) is 3.39. The molecule has 0 saturated heterocycles. The molecule has 2 rings (SSSR count). The van der Waals surface area contributed by atoms with E-state index in [9.17, 15) is 4.79 Å². The largest absolute Gasteiger partial charge is 0.497 e. The van der Waals surface area contributed by atoms with Crippen LogP contribution in [0.1, 0.15) is 10.4 Å². The van der Waals surface area contributed by atoms with Gasteiger partial charge in [-0.2, -0.15) is 10.1 Å². The van der Waals surface area contributed by atoms with Crippen molar-refractivity contribution in [3.8, 4) is 11.5 Å². The Morgan fingerprint density at radius 2 is 1.89 bits per heavy atom. The average molecular weight is 248 g/mol. The summed E-state index contributed by atoms with van der Waals surface area (Å²) in [6.07, 6.45) is 1.31. The van der Waals surface area contributed by atoms with Gasteiger partial charge in [0.1, 0.15) is 17.8 Å². The van der Waals surface area contributed by atoms with Crippen LogP contribution in [0.3, 0.4) is 0 Å². The van der Waals surface area contributed by atoms with Gasteiger partial charge in [0, 0.05) is 11.6 Å². The van der Waals surface area contributed by atoms with Gasteiger partial charge >= 0.3 is 0 Å². The van der Waals surface area contributed by atoms with E-state index in [1.54, 1.807) is 18.2 Å². The number of aromatic amines is 1. The second-order valence-corrected chi connectivity index (χ2v) is 3.39. The smallest absolute Gasteiger partial charge is 0.258 e. The van der Waals surface area contributed by atoms with Crippen molar-refractivity contribution in [2.24, 2.45) is 0 Å². The zero-order valence-electron chi connectivity index (χ0n) is 9.93. The number of anilines is 1. The Bertz CT molecular complexity index is 517. The van der Waals surface area contributed by atoms with Gasteiger partial charge in [-0.1, -0.05) is 0 Å². The van der Waals surface area contributed by atoms with E-state index in [1.165, 1.54) is 20.5 Å². The van der Waals surface area contributed by atoms with Gasteiger partial charge in [0.15, 0.2) is 0 Å². The number of benzene rings is 1. The van der Waals surface area contributed by atoms with Gasteiger partial charge < -0.3 is 9.47 Å². The van der Waals surface area contributed by atoms with Crippen LogP contribution in [0.5, 0.6) is 11.5 Å². The van der Waals surface area contributed by atoms with Gasteiger partial charge in [0.25, 0.3) is 5.91 Å². The van der Waals surface area contributed by atoms with Crippen LogP contribution >= 0.6 is 0 Å². The number of ether oxygens (including phenoxy) is 2. The van der Waals surface area contributed by atoms with Crippen LogP contribution < -0.4 is 14.8 Å². The van der Waals surface area contributed by atoms with Crippen molar-refractivity contribution in [3.63, 3.8) is 0 Å². The van der Waals surface area contributed by atoms with Gasteiger partial charge in [-0.25, -0.2) is 5.10 Å². The summed E-state index contributed by atoms with van der Waals surface area (Å²) in [5.74, 6) is 1.03. The number of hydrogen-bond acceptors (Lipinski definition) is 5. The highest BCUT2D eigenvalue weighted by atomic mass is 16.5. The molecule has 0 aliphatic heterocycles. The molecule has 18 heavy (non-hydrogen) atoms. The molecule has 1 heterocycles. The molecule has 0 unspecified atom stereocenters. The highest BCUT2D eigenvalue weighted by Gasteiger charge is 2.11. The number of aromatic nitrogens is 3. The van der Waals surface area contributed by atoms with Gasteiger partial charge in [0.05, 0.1) is 14.2 Å². The zero-order chi connectivity index (χ0) is 13.0. The number of nitrogens with one attached hydrogen (secondary N) is 2. The topological polar surface area (TPSA) is 89.1 Å². The minimum atomic E-state index is -0.330. The molecule has 2 aromatic rings. The van der Waals surface area contributed by atoms with Crippen molar-refractivity contribution in [3.05, 3.63) is 30.1 Å². The molecular formula is C11H12N4O3. The van der Waals surface area contributed by atoms with E-state index in [2.05, 4.69) is 20.5 Å². The number of hydrogen-bond donors (Lipinski definition) is 2. The third-order valence-electron chi connectivity index (χ3n) is 2.26. The lowest BCUT2D eigenvalue weighted by atomic mass is 10.2. The lowest BCUT2D eigenvalue weighted by molar-refractivity contribution is 0.102. The van der Waals surface area contributed by atoms with Crippen LogP contribution in [-0.2, 0) is 0 Å². The first kappa shape index (κ1) is 11.9. The van der Waals surface area contributed by atoms with Gasteiger partial charge in [-0.05, 0) is 12.1 Å². The van der Waals surface area contributed by atoms with Crippen molar-refractivity contribution >= 4 is 11.9 Å². The van der Waals surface area contributed by atoms with Crippen molar-refractivity contribution < 1.29 is 14.3 Å².